The van der Waals surface area contributed by atoms with Gasteiger partial charge in [-0.25, -0.2) is 9.97 Å². The van der Waals surface area contributed by atoms with Gasteiger partial charge in [-0.05, 0) is 0 Å². The van der Waals surface area contributed by atoms with Gasteiger partial charge in [0.05, 0.1) is 6.61 Å². The Bertz CT molecular complexity index is 296. The van der Waals surface area contributed by atoms with E-state index in [2.05, 4.69) is 9.97 Å². The second kappa shape index (κ2) is 5.79. The van der Waals surface area contributed by atoms with Gasteiger partial charge < -0.3 is 15.6 Å². The van der Waals surface area contributed by atoms with E-state index in [1.807, 2.05) is 0 Å². The van der Waals surface area contributed by atoms with Crippen molar-refractivity contribution in [3.05, 3.63) is 11.9 Å². The molecule has 6 heteroatoms. The quantitative estimate of drug-likeness (QED) is 0.542. The molecule has 0 spiro atoms. The number of rotatable bonds is 5. The molecule has 78 valence electrons. The predicted octanol–water partition coefficient (Wildman–Crippen LogP) is 0.290. The molecule has 0 fully saturated rings. The van der Waals surface area contributed by atoms with Gasteiger partial charge in [0.25, 0.3) is 0 Å². The fourth-order valence-corrected chi connectivity index (χ4v) is 1.58. The number of hydrogen-bond acceptors (Lipinski definition) is 6. The van der Waals surface area contributed by atoms with Gasteiger partial charge in [0.1, 0.15) is 17.5 Å². The molecule has 0 bridgehead atoms. The highest BCUT2D eigenvalue weighted by Gasteiger charge is 2.02. The highest BCUT2D eigenvalue weighted by atomic mass is 32.2. The third-order valence-corrected chi connectivity index (χ3v) is 2.28. The van der Waals surface area contributed by atoms with E-state index in [9.17, 15) is 0 Å². The zero-order valence-electron chi connectivity index (χ0n) is 7.93. The van der Waals surface area contributed by atoms with Gasteiger partial charge in [-0.3, -0.25) is 0 Å². The summed E-state index contributed by atoms with van der Waals surface area (Å²) in [7, 11) is 1.58. The number of ether oxygens (including phenoxy) is 1. The van der Waals surface area contributed by atoms with Gasteiger partial charge in [0.2, 0.25) is 0 Å². The van der Waals surface area contributed by atoms with Crippen LogP contribution >= 0.6 is 11.8 Å². The van der Waals surface area contributed by atoms with E-state index in [0.29, 0.717) is 24.0 Å². The molecule has 0 aliphatic carbocycles. The number of aliphatic hydroxyl groups excluding tert-OH is 1. The van der Waals surface area contributed by atoms with Gasteiger partial charge in [0, 0.05) is 18.9 Å². The number of nitrogen functional groups attached to an aromatic ring is 1. The minimum Gasteiger partial charge on any atom is -0.396 e. The van der Waals surface area contributed by atoms with Crippen LogP contribution in [0.3, 0.4) is 0 Å². The summed E-state index contributed by atoms with van der Waals surface area (Å²) in [6.45, 7) is 0.464. The number of methoxy groups -OCH3 is 1. The van der Waals surface area contributed by atoms with E-state index in [1.165, 1.54) is 11.8 Å². The fourth-order valence-electron chi connectivity index (χ4n) is 0.910. The SMILES string of the molecule is COCc1nc(N)cc(SCCO)n1. The number of nitrogens with zero attached hydrogens (tertiary/aromatic N) is 2. The summed E-state index contributed by atoms with van der Waals surface area (Å²) in [6.07, 6.45) is 0. The third kappa shape index (κ3) is 3.49. The summed E-state index contributed by atoms with van der Waals surface area (Å²) >= 11 is 1.44. The first kappa shape index (κ1) is 11.2. The molecule has 1 heterocycles. The first-order valence-corrected chi connectivity index (χ1v) is 5.11. The Labute approximate surface area is 86.7 Å². The van der Waals surface area contributed by atoms with Gasteiger partial charge in [0.15, 0.2) is 5.82 Å². The van der Waals surface area contributed by atoms with Crippen LogP contribution in [0.2, 0.25) is 0 Å². The molecule has 0 atom stereocenters. The number of aromatic nitrogens is 2. The molecule has 0 amide bonds. The lowest BCUT2D eigenvalue weighted by atomic mass is 10.5. The monoisotopic (exact) mass is 215 g/mol. The first-order chi connectivity index (χ1) is 6.76. The molecular formula is C8H13N3O2S. The normalized spacial score (nSPS) is 10.4. The molecule has 0 aromatic carbocycles. The van der Waals surface area contributed by atoms with E-state index in [0.717, 1.165) is 5.03 Å². The molecule has 3 N–H and O–H groups in total. The van der Waals surface area contributed by atoms with Crippen LogP contribution < -0.4 is 5.73 Å². The van der Waals surface area contributed by atoms with Crippen LogP contribution in [0.5, 0.6) is 0 Å². The van der Waals surface area contributed by atoms with E-state index < -0.39 is 0 Å². The molecule has 5 nitrogen and oxygen atoms in total. The maximum absolute atomic E-state index is 8.65. The summed E-state index contributed by atoms with van der Waals surface area (Å²) in [5, 5.41) is 9.41. The molecule has 1 rings (SSSR count). The lowest BCUT2D eigenvalue weighted by Crippen LogP contribution is -2.02. The highest BCUT2D eigenvalue weighted by Crippen LogP contribution is 2.16. The van der Waals surface area contributed by atoms with Crippen LogP contribution in [-0.4, -0.2) is 34.5 Å². The average molecular weight is 215 g/mol. The smallest absolute Gasteiger partial charge is 0.157 e. The minimum atomic E-state index is 0.119. The van der Waals surface area contributed by atoms with E-state index in [4.69, 9.17) is 15.6 Å². The van der Waals surface area contributed by atoms with Gasteiger partial charge >= 0.3 is 0 Å². The molecule has 14 heavy (non-hydrogen) atoms. The lowest BCUT2D eigenvalue weighted by Gasteiger charge is -2.03. The molecule has 1 aromatic heterocycles. The second-order valence-electron chi connectivity index (χ2n) is 2.55. The van der Waals surface area contributed by atoms with Gasteiger partial charge in [-0.2, -0.15) is 0 Å². The predicted molar refractivity (Wildman–Crippen MR) is 55.0 cm³/mol. The average Bonchev–Trinajstić information content (AvgIpc) is 2.14. The Balaban J connectivity index is 2.73. The summed E-state index contributed by atoms with van der Waals surface area (Å²) in [5.74, 6) is 1.59. The van der Waals surface area contributed by atoms with Crippen molar-refractivity contribution in [2.24, 2.45) is 0 Å². The minimum absolute atomic E-state index is 0.119. The van der Waals surface area contributed by atoms with E-state index in [-0.39, 0.29) is 6.61 Å². The highest BCUT2D eigenvalue weighted by molar-refractivity contribution is 7.99. The Morgan fingerprint density at radius 1 is 1.57 bits per heavy atom. The van der Waals surface area contributed by atoms with Crippen LogP contribution in [0.15, 0.2) is 11.1 Å². The zero-order chi connectivity index (χ0) is 10.4. The summed E-state index contributed by atoms with van der Waals surface area (Å²) in [6, 6.07) is 1.68. The Morgan fingerprint density at radius 3 is 3.00 bits per heavy atom. The summed E-state index contributed by atoms with van der Waals surface area (Å²) in [5.41, 5.74) is 5.58. The number of hydrogen-bond donors (Lipinski definition) is 2. The second-order valence-corrected chi connectivity index (χ2v) is 3.67. The molecule has 0 radical (unpaired) electrons. The Hall–Kier alpha value is -0.850. The van der Waals surface area contributed by atoms with Crippen molar-refractivity contribution >= 4 is 17.6 Å². The molecule has 0 aliphatic heterocycles. The summed E-state index contributed by atoms with van der Waals surface area (Å²) < 4.78 is 4.90. The maximum Gasteiger partial charge on any atom is 0.157 e. The van der Waals surface area contributed by atoms with Crippen LogP contribution in [0.25, 0.3) is 0 Å². The van der Waals surface area contributed by atoms with Crippen molar-refractivity contribution in [1.82, 2.24) is 9.97 Å². The largest absolute Gasteiger partial charge is 0.396 e. The number of thioether (sulfide) groups is 1. The third-order valence-electron chi connectivity index (χ3n) is 1.38. The zero-order valence-corrected chi connectivity index (χ0v) is 8.75. The molecule has 0 saturated heterocycles. The first-order valence-electron chi connectivity index (χ1n) is 4.12. The molecular weight excluding hydrogens is 202 g/mol. The Morgan fingerprint density at radius 2 is 2.36 bits per heavy atom. The van der Waals surface area contributed by atoms with Crippen LogP contribution in [0.1, 0.15) is 5.82 Å². The van der Waals surface area contributed by atoms with E-state index >= 15 is 0 Å². The summed E-state index contributed by atoms with van der Waals surface area (Å²) in [4.78, 5) is 8.19. The van der Waals surface area contributed by atoms with Gasteiger partial charge in [-0.1, -0.05) is 0 Å². The molecule has 0 unspecified atom stereocenters. The topological polar surface area (TPSA) is 81.3 Å². The van der Waals surface area contributed by atoms with Crippen molar-refractivity contribution in [3.8, 4) is 0 Å². The lowest BCUT2D eigenvalue weighted by molar-refractivity contribution is 0.177. The number of aliphatic hydroxyl groups is 1. The standard InChI is InChI=1S/C8H13N3O2S/c1-13-5-7-10-6(9)4-8(11-7)14-3-2-12/h4,12H,2-3,5H2,1H3,(H2,9,10,11). The molecule has 1 aromatic rings. The van der Waals surface area contributed by atoms with Gasteiger partial charge in [-0.15, -0.1) is 11.8 Å². The molecule has 0 aliphatic rings. The van der Waals surface area contributed by atoms with E-state index in [1.54, 1.807) is 13.2 Å². The fraction of sp³-hybridized carbons (Fsp3) is 0.500. The number of nitrogens with two attached hydrogens (primary N) is 1. The van der Waals surface area contributed by atoms with Crippen molar-refractivity contribution < 1.29 is 9.84 Å². The molecule has 0 saturated carbocycles. The maximum atomic E-state index is 8.65. The van der Waals surface area contributed by atoms with Crippen molar-refractivity contribution in [2.75, 3.05) is 25.2 Å². The van der Waals surface area contributed by atoms with Crippen LogP contribution in [-0.2, 0) is 11.3 Å². The van der Waals surface area contributed by atoms with Crippen LogP contribution in [0, 0.1) is 0 Å². The van der Waals surface area contributed by atoms with Crippen LogP contribution in [0.4, 0.5) is 5.82 Å². The Kier molecular flexibility index (Phi) is 4.64. The van der Waals surface area contributed by atoms with Crippen molar-refractivity contribution in [1.29, 1.82) is 0 Å². The number of anilines is 1. The van der Waals surface area contributed by atoms with Crippen molar-refractivity contribution in [3.63, 3.8) is 0 Å². The van der Waals surface area contributed by atoms with Crippen molar-refractivity contribution in [2.45, 2.75) is 11.6 Å².